The Bertz CT molecular complexity index is 499. The molecule has 2 heterocycles. The average Bonchev–Trinajstić information content (AvgIpc) is 2.93. The van der Waals surface area contributed by atoms with Crippen molar-refractivity contribution in [1.82, 2.24) is 15.1 Å². The molecule has 1 N–H and O–H groups in total. The van der Waals surface area contributed by atoms with E-state index in [2.05, 4.69) is 41.8 Å². The molecule has 0 aliphatic rings. The van der Waals surface area contributed by atoms with Gasteiger partial charge in [-0.25, -0.2) is 0 Å². The van der Waals surface area contributed by atoms with Crippen molar-refractivity contribution in [3.63, 3.8) is 0 Å². The van der Waals surface area contributed by atoms with Gasteiger partial charge in [0.15, 0.2) is 0 Å². The first-order valence-corrected chi connectivity index (χ1v) is 7.21. The van der Waals surface area contributed by atoms with E-state index in [9.17, 15) is 0 Å². The van der Waals surface area contributed by atoms with Gasteiger partial charge in [0.25, 0.3) is 0 Å². The van der Waals surface area contributed by atoms with Crippen molar-refractivity contribution in [3.8, 4) is 0 Å². The van der Waals surface area contributed by atoms with Gasteiger partial charge < -0.3 is 5.32 Å². The third-order valence-electron chi connectivity index (χ3n) is 3.52. The van der Waals surface area contributed by atoms with E-state index in [0.717, 1.165) is 18.5 Å². The number of hydrogen-bond donors (Lipinski definition) is 1. The van der Waals surface area contributed by atoms with Crippen molar-refractivity contribution in [2.75, 3.05) is 7.05 Å². The van der Waals surface area contributed by atoms with Crippen molar-refractivity contribution in [2.45, 2.75) is 32.7 Å². The molecule has 0 aliphatic carbocycles. The summed E-state index contributed by atoms with van der Waals surface area (Å²) in [6, 6.07) is 4.72. The number of aryl methyl sites for hydroxylation is 3. The summed E-state index contributed by atoms with van der Waals surface area (Å²) in [6.45, 7) is 4.24. The SMILES string of the molecule is CNC(CCc1cccs1)c1c(C)nn(C)c1C. The topological polar surface area (TPSA) is 29.9 Å². The summed E-state index contributed by atoms with van der Waals surface area (Å²) >= 11 is 1.84. The lowest BCUT2D eigenvalue weighted by atomic mass is 10.00. The normalized spacial score (nSPS) is 12.9. The zero-order valence-electron chi connectivity index (χ0n) is 11.5. The van der Waals surface area contributed by atoms with Crippen LogP contribution in [0.5, 0.6) is 0 Å². The number of aromatic nitrogens is 2. The standard InChI is InChI=1S/C14H21N3S/c1-10-14(11(2)17(4)16-10)13(15-3)8-7-12-6-5-9-18-12/h5-6,9,13,15H,7-8H2,1-4H3. The molecule has 2 aromatic rings. The first kappa shape index (κ1) is 13.3. The Morgan fingerprint density at radius 1 is 1.44 bits per heavy atom. The molecule has 98 valence electrons. The summed E-state index contributed by atoms with van der Waals surface area (Å²) in [6.07, 6.45) is 2.24. The van der Waals surface area contributed by atoms with Gasteiger partial charge in [0.1, 0.15) is 0 Å². The Balaban J connectivity index is 2.13. The van der Waals surface area contributed by atoms with E-state index in [0.29, 0.717) is 6.04 Å². The van der Waals surface area contributed by atoms with Crippen molar-refractivity contribution in [2.24, 2.45) is 7.05 Å². The molecule has 3 nitrogen and oxygen atoms in total. The van der Waals surface area contributed by atoms with Gasteiger partial charge in [-0.2, -0.15) is 5.10 Å². The largest absolute Gasteiger partial charge is 0.313 e. The predicted octanol–water partition coefficient (Wildman–Crippen LogP) is 2.99. The van der Waals surface area contributed by atoms with E-state index >= 15 is 0 Å². The highest BCUT2D eigenvalue weighted by molar-refractivity contribution is 7.09. The van der Waals surface area contributed by atoms with Crippen LogP contribution in [-0.4, -0.2) is 16.8 Å². The van der Waals surface area contributed by atoms with Crippen molar-refractivity contribution in [3.05, 3.63) is 39.3 Å². The van der Waals surface area contributed by atoms with Crippen LogP contribution in [0.15, 0.2) is 17.5 Å². The second-order valence-electron chi connectivity index (χ2n) is 4.67. The van der Waals surface area contributed by atoms with Crippen LogP contribution >= 0.6 is 11.3 Å². The van der Waals surface area contributed by atoms with Crippen LogP contribution in [0.1, 0.15) is 34.3 Å². The summed E-state index contributed by atoms with van der Waals surface area (Å²) in [5.74, 6) is 0. The number of rotatable bonds is 5. The van der Waals surface area contributed by atoms with Crippen LogP contribution < -0.4 is 5.32 Å². The van der Waals surface area contributed by atoms with E-state index in [1.165, 1.54) is 16.1 Å². The molecule has 0 spiro atoms. The lowest BCUT2D eigenvalue weighted by Crippen LogP contribution is -2.18. The van der Waals surface area contributed by atoms with E-state index in [1.807, 2.05) is 30.1 Å². The summed E-state index contributed by atoms with van der Waals surface area (Å²) in [4.78, 5) is 1.45. The maximum Gasteiger partial charge on any atom is 0.0644 e. The molecule has 2 aromatic heterocycles. The quantitative estimate of drug-likeness (QED) is 0.898. The number of hydrogen-bond acceptors (Lipinski definition) is 3. The molecular formula is C14H21N3S. The molecule has 1 atom stereocenters. The molecule has 0 saturated carbocycles. The fourth-order valence-electron chi connectivity index (χ4n) is 2.47. The first-order chi connectivity index (χ1) is 8.63. The monoisotopic (exact) mass is 263 g/mol. The molecule has 0 saturated heterocycles. The highest BCUT2D eigenvalue weighted by Gasteiger charge is 2.18. The Labute approximate surface area is 113 Å². The molecule has 0 aliphatic heterocycles. The minimum atomic E-state index is 0.390. The number of nitrogens with one attached hydrogen (secondary N) is 1. The van der Waals surface area contributed by atoms with Crippen molar-refractivity contribution >= 4 is 11.3 Å². The minimum Gasteiger partial charge on any atom is -0.313 e. The second kappa shape index (κ2) is 5.67. The Morgan fingerprint density at radius 3 is 2.72 bits per heavy atom. The fraction of sp³-hybridized carbons (Fsp3) is 0.500. The molecule has 4 heteroatoms. The van der Waals surface area contributed by atoms with Crippen molar-refractivity contribution in [1.29, 1.82) is 0 Å². The van der Waals surface area contributed by atoms with E-state index in [1.54, 1.807) is 0 Å². The minimum absolute atomic E-state index is 0.390. The van der Waals surface area contributed by atoms with Gasteiger partial charge in [-0.15, -0.1) is 11.3 Å². The third kappa shape index (κ3) is 2.65. The van der Waals surface area contributed by atoms with Crippen molar-refractivity contribution < 1.29 is 0 Å². The molecule has 0 amide bonds. The van der Waals surface area contributed by atoms with Gasteiger partial charge in [0.2, 0.25) is 0 Å². The lowest BCUT2D eigenvalue weighted by Gasteiger charge is -2.16. The van der Waals surface area contributed by atoms with Crippen LogP contribution in [0.2, 0.25) is 0 Å². The zero-order valence-corrected chi connectivity index (χ0v) is 12.3. The van der Waals surface area contributed by atoms with E-state index in [-0.39, 0.29) is 0 Å². The lowest BCUT2D eigenvalue weighted by molar-refractivity contribution is 0.545. The van der Waals surface area contributed by atoms with Gasteiger partial charge >= 0.3 is 0 Å². The smallest absolute Gasteiger partial charge is 0.0644 e. The summed E-state index contributed by atoms with van der Waals surface area (Å²) < 4.78 is 1.97. The maximum atomic E-state index is 4.50. The molecule has 18 heavy (non-hydrogen) atoms. The second-order valence-corrected chi connectivity index (χ2v) is 5.70. The van der Waals surface area contributed by atoms with Gasteiger partial charge in [0, 0.05) is 29.2 Å². The fourth-order valence-corrected chi connectivity index (χ4v) is 3.19. The molecular weight excluding hydrogens is 242 g/mol. The molecule has 0 aromatic carbocycles. The third-order valence-corrected chi connectivity index (χ3v) is 4.46. The highest BCUT2D eigenvalue weighted by atomic mass is 32.1. The van der Waals surface area contributed by atoms with Crippen LogP contribution in [0.3, 0.4) is 0 Å². The van der Waals surface area contributed by atoms with Crippen LogP contribution in [-0.2, 0) is 13.5 Å². The van der Waals surface area contributed by atoms with Gasteiger partial charge in [-0.1, -0.05) is 6.07 Å². The summed E-state index contributed by atoms with van der Waals surface area (Å²) in [5, 5.41) is 10.1. The van der Waals surface area contributed by atoms with Crippen LogP contribution in [0.4, 0.5) is 0 Å². The van der Waals surface area contributed by atoms with E-state index < -0.39 is 0 Å². The molecule has 0 fully saturated rings. The number of thiophene rings is 1. The Kier molecular flexibility index (Phi) is 4.19. The Morgan fingerprint density at radius 2 is 2.22 bits per heavy atom. The molecule has 0 radical (unpaired) electrons. The zero-order chi connectivity index (χ0) is 13.1. The van der Waals surface area contributed by atoms with E-state index in [4.69, 9.17) is 0 Å². The van der Waals surface area contributed by atoms with Gasteiger partial charge in [0.05, 0.1) is 5.69 Å². The Hall–Kier alpha value is -1.13. The average molecular weight is 263 g/mol. The highest BCUT2D eigenvalue weighted by Crippen LogP contribution is 2.25. The van der Waals surface area contributed by atoms with Crippen LogP contribution in [0, 0.1) is 13.8 Å². The van der Waals surface area contributed by atoms with Crippen LogP contribution in [0.25, 0.3) is 0 Å². The summed E-state index contributed by atoms with van der Waals surface area (Å²) in [5.41, 5.74) is 3.76. The maximum absolute atomic E-state index is 4.50. The number of nitrogens with zero attached hydrogens (tertiary/aromatic N) is 2. The molecule has 1 unspecified atom stereocenters. The van der Waals surface area contributed by atoms with Gasteiger partial charge in [-0.05, 0) is 45.2 Å². The predicted molar refractivity (Wildman–Crippen MR) is 77.1 cm³/mol. The molecule has 2 rings (SSSR count). The molecule has 0 bridgehead atoms. The van der Waals surface area contributed by atoms with Gasteiger partial charge in [-0.3, -0.25) is 4.68 Å². The summed E-state index contributed by atoms with van der Waals surface area (Å²) in [7, 11) is 4.04. The first-order valence-electron chi connectivity index (χ1n) is 6.33.